The number of rotatable bonds is 8. The van der Waals surface area contributed by atoms with Crippen molar-refractivity contribution < 1.29 is 19.3 Å². The molecule has 12 heteroatoms. The Bertz CT molecular complexity index is 1250. The van der Waals surface area contributed by atoms with E-state index in [0.717, 1.165) is 29.2 Å². The van der Waals surface area contributed by atoms with Crippen molar-refractivity contribution in [3.8, 4) is 11.5 Å². The summed E-state index contributed by atoms with van der Waals surface area (Å²) >= 11 is 3.88. The number of halogens is 2. The van der Waals surface area contributed by atoms with Crippen molar-refractivity contribution in [1.82, 2.24) is 0 Å². The summed E-state index contributed by atoms with van der Waals surface area (Å²) in [6.45, 7) is 1.93. The van der Waals surface area contributed by atoms with Gasteiger partial charge in [-0.3, -0.25) is 10.8 Å². The van der Waals surface area contributed by atoms with Crippen molar-refractivity contribution in [3.05, 3.63) is 108 Å². The molecule has 0 aliphatic heterocycles. The number of anilines is 2. The van der Waals surface area contributed by atoms with Gasteiger partial charge in [0.05, 0.1) is 0 Å². The third-order valence-electron chi connectivity index (χ3n) is 4.64. The highest BCUT2D eigenvalue weighted by atomic mass is 127. The molecule has 8 nitrogen and oxygen atoms in total. The quantitative estimate of drug-likeness (QED) is 0.0534. The number of nitrogens with two attached hydrogens (primary N) is 2. The standard InChI is InChI=1S/2C13H12IN2OP.C2H6O.CH4O/c2*14-13(16)11-8-9(6-7-12(11)15)17-18-10-4-2-1-3-5-10;1-2-3;1-2/h2*1-8,16,18H,15H2;3H,2H2,1H3;2H,1H3. The van der Waals surface area contributed by atoms with Crippen LogP contribution in [-0.2, 0) is 0 Å². The van der Waals surface area contributed by atoms with Gasteiger partial charge in [0, 0.05) is 46.8 Å². The number of aliphatic hydroxyl groups is 2. The second-order valence-electron chi connectivity index (χ2n) is 7.58. The molecule has 0 aromatic heterocycles. The zero-order chi connectivity index (χ0) is 30.6. The lowest BCUT2D eigenvalue weighted by Gasteiger charge is -2.08. The fraction of sp³-hybridized carbons (Fsp3) is 0.103. The zero-order valence-electron chi connectivity index (χ0n) is 22.6. The van der Waals surface area contributed by atoms with Gasteiger partial charge in [-0.1, -0.05) is 60.7 Å². The van der Waals surface area contributed by atoms with E-state index in [1.165, 1.54) is 0 Å². The number of nitrogen functional groups attached to an aromatic ring is 2. The van der Waals surface area contributed by atoms with Crippen molar-refractivity contribution in [3.63, 3.8) is 0 Å². The molecule has 0 bridgehead atoms. The summed E-state index contributed by atoms with van der Waals surface area (Å²) in [6, 6.07) is 30.8. The fourth-order valence-corrected chi connectivity index (χ4v) is 5.14. The molecular weight excluding hydrogens is 784 g/mol. The Balaban J connectivity index is 0.000000355. The molecule has 8 N–H and O–H groups in total. The summed E-state index contributed by atoms with van der Waals surface area (Å²) in [5.74, 6) is 1.48. The van der Waals surface area contributed by atoms with E-state index >= 15 is 0 Å². The molecule has 41 heavy (non-hydrogen) atoms. The first-order chi connectivity index (χ1) is 19.7. The van der Waals surface area contributed by atoms with Crippen LogP contribution in [0.3, 0.4) is 0 Å². The van der Waals surface area contributed by atoms with Crippen LogP contribution in [0.25, 0.3) is 0 Å². The molecule has 0 heterocycles. The molecular formula is C29H34I2N4O4P2. The fourth-order valence-electron chi connectivity index (χ4n) is 2.83. The van der Waals surface area contributed by atoms with Crippen molar-refractivity contribution in [1.29, 1.82) is 10.8 Å². The molecule has 2 atom stereocenters. The molecule has 4 rings (SSSR count). The summed E-state index contributed by atoms with van der Waals surface area (Å²) < 4.78 is 12.3. The maximum absolute atomic E-state index is 7.62. The second kappa shape index (κ2) is 21.4. The first kappa shape index (κ1) is 36.7. The van der Waals surface area contributed by atoms with Gasteiger partial charge in [-0.15, -0.1) is 0 Å². The van der Waals surface area contributed by atoms with E-state index in [9.17, 15) is 0 Å². The lowest BCUT2D eigenvalue weighted by Crippen LogP contribution is -1.99. The van der Waals surface area contributed by atoms with E-state index < -0.39 is 0 Å². The molecule has 0 aliphatic carbocycles. The van der Waals surface area contributed by atoms with Crippen LogP contribution in [0, 0.1) is 10.8 Å². The molecule has 2 unspecified atom stereocenters. The monoisotopic (exact) mass is 818 g/mol. The van der Waals surface area contributed by atoms with Gasteiger partial charge in [0.15, 0.2) is 0 Å². The Morgan fingerprint density at radius 3 is 1.29 bits per heavy atom. The number of aliphatic hydroxyl groups excluding tert-OH is 2. The zero-order valence-corrected chi connectivity index (χ0v) is 28.9. The lowest BCUT2D eigenvalue weighted by molar-refractivity contribution is 0.318. The minimum absolute atomic E-state index is 0.250. The van der Waals surface area contributed by atoms with Gasteiger partial charge in [0.2, 0.25) is 0 Å². The lowest BCUT2D eigenvalue weighted by atomic mass is 10.2. The van der Waals surface area contributed by atoms with Gasteiger partial charge in [-0.25, -0.2) is 0 Å². The average molecular weight is 818 g/mol. The predicted octanol–water partition coefficient (Wildman–Crippen LogP) is 6.26. The molecule has 4 aromatic carbocycles. The summed E-state index contributed by atoms with van der Waals surface area (Å²) in [5.41, 5.74) is 14.2. The van der Waals surface area contributed by atoms with Crippen LogP contribution < -0.4 is 31.1 Å². The SMILES string of the molecule is CCO.CO.N=C(I)c1cc(OPc2ccccc2)ccc1N.N=C(I)c1cc(OPc2ccccc2)ccc1N. The number of benzene rings is 4. The molecule has 4 aromatic rings. The van der Waals surface area contributed by atoms with Crippen LogP contribution in [0.5, 0.6) is 11.5 Å². The van der Waals surface area contributed by atoms with Crippen molar-refractivity contribution >= 4 is 92.2 Å². The molecule has 0 radical (unpaired) electrons. The highest BCUT2D eigenvalue weighted by Crippen LogP contribution is 2.27. The Labute approximate surface area is 272 Å². The van der Waals surface area contributed by atoms with Gasteiger partial charge in [-0.2, -0.15) is 0 Å². The normalized spacial score (nSPS) is 10.0. The largest absolute Gasteiger partial charge is 0.472 e. The number of hydrogen-bond donors (Lipinski definition) is 6. The minimum Gasteiger partial charge on any atom is -0.472 e. The van der Waals surface area contributed by atoms with Crippen molar-refractivity contribution in [2.24, 2.45) is 0 Å². The predicted molar refractivity (Wildman–Crippen MR) is 194 cm³/mol. The molecule has 0 aliphatic rings. The topological polar surface area (TPSA) is 159 Å². The summed E-state index contributed by atoms with van der Waals surface area (Å²) in [7, 11) is 1.51. The van der Waals surface area contributed by atoms with Crippen LogP contribution in [0.2, 0.25) is 0 Å². The highest BCUT2D eigenvalue weighted by Gasteiger charge is 2.06. The summed E-state index contributed by atoms with van der Waals surface area (Å²) in [5, 5.41) is 32.1. The van der Waals surface area contributed by atoms with Gasteiger partial charge in [0.25, 0.3) is 0 Å². The molecule has 218 valence electrons. The Morgan fingerprint density at radius 2 is 1.00 bits per heavy atom. The van der Waals surface area contributed by atoms with Crippen LogP contribution in [-0.4, -0.2) is 31.4 Å². The van der Waals surface area contributed by atoms with Gasteiger partial charge < -0.3 is 30.7 Å². The van der Waals surface area contributed by atoms with Crippen LogP contribution >= 0.6 is 62.8 Å². The maximum Gasteiger partial charge on any atom is 0.124 e. The van der Waals surface area contributed by atoms with E-state index in [1.54, 1.807) is 31.2 Å². The Morgan fingerprint density at radius 1 is 0.683 bits per heavy atom. The maximum atomic E-state index is 7.62. The van der Waals surface area contributed by atoms with Crippen LogP contribution in [0.1, 0.15) is 18.1 Å². The third-order valence-corrected chi connectivity index (χ3v) is 7.62. The van der Waals surface area contributed by atoms with E-state index in [-0.39, 0.29) is 24.2 Å². The molecule has 0 saturated heterocycles. The molecule has 0 spiro atoms. The van der Waals surface area contributed by atoms with Crippen molar-refractivity contribution in [2.45, 2.75) is 6.92 Å². The number of hydrogen-bond acceptors (Lipinski definition) is 8. The van der Waals surface area contributed by atoms with Crippen molar-refractivity contribution in [2.75, 3.05) is 25.2 Å². The smallest absolute Gasteiger partial charge is 0.124 e. The molecule has 0 amide bonds. The minimum atomic E-state index is 0.250. The first-order valence-corrected chi connectivity index (χ1v) is 16.0. The van der Waals surface area contributed by atoms with Crippen LogP contribution in [0.4, 0.5) is 11.4 Å². The first-order valence-electron chi connectivity index (χ1n) is 12.0. The molecule has 0 fully saturated rings. The van der Waals surface area contributed by atoms with E-state index in [4.69, 9.17) is 41.5 Å². The summed E-state index contributed by atoms with van der Waals surface area (Å²) in [6.07, 6.45) is 0. The highest BCUT2D eigenvalue weighted by molar-refractivity contribution is 14.1. The number of nitrogens with one attached hydrogen (secondary N) is 2. The Kier molecular flexibility index (Phi) is 19.1. The Hall–Kier alpha value is -2.34. The van der Waals surface area contributed by atoms with Gasteiger partial charge in [-0.05, 0) is 88.5 Å². The third kappa shape index (κ3) is 14.4. The van der Waals surface area contributed by atoms with E-state index in [2.05, 4.69) is 0 Å². The van der Waals surface area contributed by atoms with Gasteiger partial charge >= 0.3 is 0 Å². The second-order valence-corrected chi connectivity index (χ2v) is 11.7. The van der Waals surface area contributed by atoms with E-state index in [0.29, 0.717) is 29.9 Å². The molecule has 0 saturated carbocycles. The average Bonchev–Trinajstić information content (AvgIpc) is 2.99. The van der Waals surface area contributed by atoms with Gasteiger partial charge in [0.1, 0.15) is 36.6 Å². The van der Waals surface area contributed by atoms with E-state index in [1.807, 2.05) is 118 Å². The van der Waals surface area contributed by atoms with Crippen LogP contribution in [0.15, 0.2) is 97.1 Å². The summed E-state index contributed by atoms with van der Waals surface area (Å²) in [4.78, 5) is 0.